The number of amides is 1. The van der Waals surface area contributed by atoms with Gasteiger partial charge in [-0.2, -0.15) is 5.10 Å². The molecule has 1 saturated carbocycles. The molecule has 2 N–H and O–H groups in total. The van der Waals surface area contributed by atoms with Gasteiger partial charge in [0.15, 0.2) is 0 Å². The number of hydrogen-bond acceptors (Lipinski definition) is 3. The highest BCUT2D eigenvalue weighted by atomic mass is 16.4. The summed E-state index contributed by atoms with van der Waals surface area (Å²) in [6.07, 6.45) is 8.65. The number of carbonyl (C=O) groups is 2. The molecule has 1 fully saturated rings. The van der Waals surface area contributed by atoms with E-state index in [4.69, 9.17) is 0 Å². The molecule has 23 heavy (non-hydrogen) atoms. The van der Waals surface area contributed by atoms with Crippen LogP contribution in [0.4, 0.5) is 0 Å². The maximum absolute atomic E-state index is 12.6. The van der Waals surface area contributed by atoms with Gasteiger partial charge in [-0.25, -0.2) is 4.52 Å². The third-order valence-electron chi connectivity index (χ3n) is 4.57. The average Bonchev–Trinajstić information content (AvgIpc) is 2.93. The van der Waals surface area contributed by atoms with Crippen LogP contribution in [0, 0.1) is 5.92 Å². The molecule has 0 spiro atoms. The standard InChI is InChI=1S/C17H21N3O3/c21-16(13-11-18-20-10-6-5-9-15(13)20)19-14-8-4-2-1-3-7-12(14)17(22)23/h5-6,9-12,14H,1-4,7-8H2,(H,19,21)(H,22,23)/t12-,14+/m1/s1. The van der Waals surface area contributed by atoms with Crippen LogP contribution in [-0.2, 0) is 4.79 Å². The lowest BCUT2D eigenvalue weighted by atomic mass is 9.86. The van der Waals surface area contributed by atoms with Crippen LogP contribution in [-0.4, -0.2) is 32.6 Å². The number of fused-ring (bicyclic) bond motifs is 1. The summed E-state index contributed by atoms with van der Waals surface area (Å²) in [7, 11) is 0. The Labute approximate surface area is 134 Å². The van der Waals surface area contributed by atoms with E-state index in [1.165, 1.54) is 6.20 Å². The van der Waals surface area contributed by atoms with Gasteiger partial charge in [-0.3, -0.25) is 9.59 Å². The van der Waals surface area contributed by atoms with Crippen molar-refractivity contribution in [2.24, 2.45) is 5.92 Å². The van der Waals surface area contributed by atoms with Crippen LogP contribution in [0.3, 0.4) is 0 Å². The Hall–Kier alpha value is -2.37. The Morgan fingerprint density at radius 3 is 2.74 bits per heavy atom. The summed E-state index contributed by atoms with van der Waals surface area (Å²) in [4.78, 5) is 24.1. The van der Waals surface area contributed by atoms with E-state index in [2.05, 4.69) is 10.4 Å². The van der Waals surface area contributed by atoms with E-state index in [9.17, 15) is 14.7 Å². The van der Waals surface area contributed by atoms with Crippen molar-refractivity contribution in [1.29, 1.82) is 0 Å². The fourth-order valence-electron chi connectivity index (χ4n) is 3.31. The number of hydrogen-bond donors (Lipinski definition) is 2. The number of rotatable bonds is 3. The van der Waals surface area contributed by atoms with Crippen LogP contribution >= 0.6 is 0 Å². The van der Waals surface area contributed by atoms with E-state index in [1.54, 1.807) is 10.7 Å². The van der Waals surface area contributed by atoms with Gasteiger partial charge in [0, 0.05) is 12.2 Å². The molecule has 1 amide bonds. The van der Waals surface area contributed by atoms with Crippen LogP contribution in [0.1, 0.15) is 48.9 Å². The molecule has 122 valence electrons. The Morgan fingerprint density at radius 1 is 1.17 bits per heavy atom. The van der Waals surface area contributed by atoms with Gasteiger partial charge in [0.2, 0.25) is 0 Å². The van der Waals surface area contributed by atoms with Gasteiger partial charge in [-0.1, -0.05) is 31.7 Å². The van der Waals surface area contributed by atoms with Crippen molar-refractivity contribution in [2.75, 3.05) is 0 Å². The zero-order chi connectivity index (χ0) is 16.2. The van der Waals surface area contributed by atoms with Crippen LogP contribution in [0.2, 0.25) is 0 Å². The van der Waals surface area contributed by atoms with Crippen LogP contribution in [0.25, 0.3) is 5.52 Å². The molecule has 0 unspecified atom stereocenters. The number of carbonyl (C=O) groups excluding carboxylic acids is 1. The predicted octanol–water partition coefficient (Wildman–Crippen LogP) is 2.49. The fraction of sp³-hybridized carbons (Fsp3) is 0.471. The highest BCUT2D eigenvalue weighted by Crippen LogP contribution is 2.24. The van der Waals surface area contributed by atoms with Gasteiger partial charge < -0.3 is 10.4 Å². The molecule has 0 aromatic carbocycles. The normalized spacial score (nSPS) is 22.3. The Kier molecular flexibility index (Phi) is 4.60. The molecule has 2 aromatic rings. The summed E-state index contributed by atoms with van der Waals surface area (Å²) in [5.74, 6) is -1.58. The Balaban J connectivity index is 1.80. The van der Waals surface area contributed by atoms with Crippen molar-refractivity contribution in [3.63, 3.8) is 0 Å². The minimum atomic E-state index is -0.822. The number of pyridine rings is 1. The van der Waals surface area contributed by atoms with Gasteiger partial charge in [-0.15, -0.1) is 0 Å². The minimum absolute atomic E-state index is 0.247. The molecular formula is C17H21N3O3. The third kappa shape index (κ3) is 3.36. The number of carboxylic acid groups (broad SMARTS) is 1. The molecule has 6 heteroatoms. The predicted molar refractivity (Wildman–Crippen MR) is 85.3 cm³/mol. The summed E-state index contributed by atoms with van der Waals surface area (Å²) in [5.41, 5.74) is 1.21. The van der Waals surface area contributed by atoms with E-state index in [0.29, 0.717) is 18.4 Å². The largest absolute Gasteiger partial charge is 0.481 e. The van der Waals surface area contributed by atoms with Gasteiger partial charge in [-0.05, 0) is 25.0 Å². The fourth-order valence-corrected chi connectivity index (χ4v) is 3.31. The Morgan fingerprint density at radius 2 is 1.96 bits per heavy atom. The Bertz CT molecular complexity index is 710. The molecule has 0 radical (unpaired) electrons. The molecule has 6 nitrogen and oxygen atoms in total. The third-order valence-corrected chi connectivity index (χ3v) is 4.57. The summed E-state index contributed by atoms with van der Waals surface area (Å²) in [6, 6.07) is 5.20. The molecule has 0 saturated heterocycles. The second kappa shape index (κ2) is 6.81. The van der Waals surface area contributed by atoms with E-state index >= 15 is 0 Å². The van der Waals surface area contributed by atoms with Crippen LogP contribution in [0.15, 0.2) is 30.6 Å². The molecule has 2 heterocycles. The molecule has 0 aliphatic heterocycles. The van der Waals surface area contributed by atoms with Crippen molar-refractivity contribution < 1.29 is 14.7 Å². The monoisotopic (exact) mass is 315 g/mol. The number of aromatic nitrogens is 2. The number of aliphatic carboxylic acids is 1. The average molecular weight is 315 g/mol. The van der Waals surface area contributed by atoms with E-state index in [1.807, 2.05) is 18.2 Å². The number of nitrogens with zero attached hydrogens (tertiary/aromatic N) is 2. The van der Waals surface area contributed by atoms with E-state index in [0.717, 1.165) is 31.2 Å². The second-order valence-electron chi connectivity index (χ2n) is 6.10. The van der Waals surface area contributed by atoms with Gasteiger partial charge in [0.1, 0.15) is 0 Å². The second-order valence-corrected chi connectivity index (χ2v) is 6.10. The van der Waals surface area contributed by atoms with Crippen LogP contribution < -0.4 is 5.32 Å². The maximum atomic E-state index is 12.6. The first kappa shape index (κ1) is 15.5. The maximum Gasteiger partial charge on any atom is 0.308 e. The molecule has 2 atom stereocenters. The van der Waals surface area contributed by atoms with E-state index < -0.39 is 11.9 Å². The SMILES string of the molecule is O=C(N[C@H]1CCCCCC[C@H]1C(=O)O)c1cnn2ccccc12. The number of carboxylic acids is 1. The molecule has 2 aromatic heterocycles. The zero-order valence-corrected chi connectivity index (χ0v) is 12.9. The molecule has 1 aliphatic rings. The minimum Gasteiger partial charge on any atom is -0.481 e. The zero-order valence-electron chi connectivity index (χ0n) is 12.9. The summed E-state index contributed by atoms with van der Waals surface area (Å²) in [6.45, 7) is 0. The van der Waals surface area contributed by atoms with Gasteiger partial charge in [0.25, 0.3) is 5.91 Å². The van der Waals surface area contributed by atoms with Crippen molar-refractivity contribution in [3.05, 3.63) is 36.2 Å². The molecule has 0 bridgehead atoms. The van der Waals surface area contributed by atoms with Crippen molar-refractivity contribution >= 4 is 17.4 Å². The van der Waals surface area contributed by atoms with Crippen LogP contribution in [0.5, 0.6) is 0 Å². The molecule has 1 aliphatic carbocycles. The quantitative estimate of drug-likeness (QED) is 0.911. The first-order valence-electron chi connectivity index (χ1n) is 8.13. The highest BCUT2D eigenvalue weighted by Gasteiger charge is 2.30. The lowest BCUT2D eigenvalue weighted by Crippen LogP contribution is -2.43. The molecular weight excluding hydrogens is 294 g/mol. The van der Waals surface area contributed by atoms with Crippen molar-refractivity contribution in [2.45, 2.75) is 44.6 Å². The highest BCUT2D eigenvalue weighted by molar-refractivity contribution is 6.00. The summed E-state index contributed by atoms with van der Waals surface area (Å²) >= 11 is 0. The topological polar surface area (TPSA) is 83.7 Å². The van der Waals surface area contributed by atoms with E-state index in [-0.39, 0.29) is 11.9 Å². The van der Waals surface area contributed by atoms with Gasteiger partial charge in [0.05, 0.1) is 23.2 Å². The van der Waals surface area contributed by atoms with Crippen molar-refractivity contribution in [1.82, 2.24) is 14.9 Å². The van der Waals surface area contributed by atoms with Gasteiger partial charge >= 0.3 is 5.97 Å². The summed E-state index contributed by atoms with van der Waals surface area (Å²) < 4.78 is 1.64. The first-order chi connectivity index (χ1) is 11.2. The lowest BCUT2D eigenvalue weighted by Gasteiger charge is -2.27. The lowest BCUT2D eigenvalue weighted by molar-refractivity contribution is -0.143. The molecule has 3 rings (SSSR count). The number of nitrogens with one attached hydrogen (secondary N) is 1. The summed E-state index contributed by atoms with van der Waals surface area (Å²) in [5, 5.41) is 16.6. The van der Waals surface area contributed by atoms with Crippen molar-refractivity contribution in [3.8, 4) is 0 Å². The smallest absolute Gasteiger partial charge is 0.308 e. The first-order valence-corrected chi connectivity index (χ1v) is 8.13.